The van der Waals surface area contributed by atoms with Gasteiger partial charge in [-0.05, 0) is 6.08 Å². The van der Waals surface area contributed by atoms with Crippen LogP contribution in [0.1, 0.15) is 0 Å². The lowest BCUT2D eigenvalue weighted by Crippen LogP contribution is -2.31. The average Bonchev–Trinajstić information content (AvgIpc) is 1.88. The molecule has 0 aliphatic carbocycles. The number of carbonyl (C=O) groups excluding carboxylic acids is 2. The van der Waals surface area contributed by atoms with E-state index >= 15 is 0 Å². The van der Waals surface area contributed by atoms with Crippen molar-refractivity contribution in [2.45, 2.75) is 0 Å². The Labute approximate surface area is 58.9 Å². The van der Waals surface area contributed by atoms with E-state index in [0.717, 1.165) is 6.08 Å². The minimum Gasteiger partial charge on any atom is -0.375 e. The van der Waals surface area contributed by atoms with Crippen LogP contribution in [0.15, 0.2) is 12.7 Å². The first-order valence-corrected chi connectivity index (χ1v) is 2.66. The van der Waals surface area contributed by atoms with Crippen molar-refractivity contribution in [3.8, 4) is 0 Å². The largest absolute Gasteiger partial charge is 0.375 e. The molecule has 0 radical (unpaired) electrons. The Hall–Kier alpha value is -1.16. The molecule has 0 atom stereocenters. The molecule has 0 aliphatic heterocycles. The van der Waals surface area contributed by atoms with Crippen LogP contribution >= 0.6 is 0 Å². The Bertz CT molecular complexity index is 153. The maximum Gasteiger partial charge on any atom is 0.252 e. The number of hydrogen-bond donors (Lipinski definition) is 1. The summed E-state index contributed by atoms with van der Waals surface area (Å²) in [4.78, 5) is 20.9. The van der Waals surface area contributed by atoms with Crippen LogP contribution in [0.5, 0.6) is 0 Å². The molecule has 0 aromatic rings. The third-order valence-corrected chi connectivity index (χ3v) is 0.723. The van der Waals surface area contributed by atoms with Crippen LogP contribution in [0.25, 0.3) is 0 Å². The van der Waals surface area contributed by atoms with Crippen molar-refractivity contribution >= 4 is 11.8 Å². The first-order valence-electron chi connectivity index (χ1n) is 2.66. The molecule has 4 nitrogen and oxygen atoms in total. The van der Waals surface area contributed by atoms with Gasteiger partial charge >= 0.3 is 0 Å². The standard InChI is InChI=1S/C6H9NO3/c1-3-5(8)7-6(9)4-10-2/h3H,1,4H2,2H3,(H,7,8,9). The molecule has 0 fully saturated rings. The summed E-state index contributed by atoms with van der Waals surface area (Å²) in [6.07, 6.45) is 1.02. The zero-order valence-corrected chi connectivity index (χ0v) is 5.72. The summed E-state index contributed by atoms with van der Waals surface area (Å²) in [5.74, 6) is -0.977. The van der Waals surface area contributed by atoms with Gasteiger partial charge in [-0.3, -0.25) is 14.9 Å². The third-order valence-electron chi connectivity index (χ3n) is 0.723. The molecule has 0 aliphatic rings. The smallest absolute Gasteiger partial charge is 0.252 e. The number of ether oxygens (including phenoxy) is 1. The van der Waals surface area contributed by atoms with Crippen molar-refractivity contribution in [3.63, 3.8) is 0 Å². The molecular weight excluding hydrogens is 134 g/mol. The minimum absolute atomic E-state index is 0.112. The van der Waals surface area contributed by atoms with Crippen LogP contribution in [0, 0.1) is 0 Å². The zero-order valence-electron chi connectivity index (χ0n) is 5.72. The van der Waals surface area contributed by atoms with Crippen molar-refractivity contribution in [2.24, 2.45) is 0 Å². The highest BCUT2D eigenvalue weighted by atomic mass is 16.5. The van der Waals surface area contributed by atoms with Gasteiger partial charge in [-0.25, -0.2) is 0 Å². The van der Waals surface area contributed by atoms with Gasteiger partial charge in [0.1, 0.15) is 6.61 Å². The van der Waals surface area contributed by atoms with E-state index in [1.165, 1.54) is 7.11 Å². The SMILES string of the molecule is C=CC(=O)NC(=O)COC. The molecule has 0 spiro atoms. The summed E-state index contributed by atoms with van der Waals surface area (Å²) in [6, 6.07) is 0. The van der Waals surface area contributed by atoms with Gasteiger partial charge in [0.05, 0.1) is 0 Å². The van der Waals surface area contributed by atoms with Crippen LogP contribution in [0.4, 0.5) is 0 Å². The van der Waals surface area contributed by atoms with Crippen LogP contribution in [-0.4, -0.2) is 25.5 Å². The second kappa shape index (κ2) is 4.69. The van der Waals surface area contributed by atoms with Crippen molar-refractivity contribution < 1.29 is 14.3 Å². The fraction of sp³-hybridized carbons (Fsp3) is 0.333. The Morgan fingerprint density at radius 2 is 2.30 bits per heavy atom. The maximum absolute atomic E-state index is 10.5. The number of methoxy groups -OCH3 is 1. The second-order valence-corrected chi connectivity index (χ2v) is 1.55. The van der Waals surface area contributed by atoms with Crippen LogP contribution in [0.2, 0.25) is 0 Å². The van der Waals surface area contributed by atoms with E-state index in [4.69, 9.17) is 0 Å². The highest BCUT2D eigenvalue weighted by Gasteiger charge is 2.01. The fourth-order valence-electron chi connectivity index (χ4n) is 0.356. The highest BCUT2D eigenvalue weighted by molar-refractivity contribution is 6.00. The van der Waals surface area contributed by atoms with Crippen LogP contribution in [0.3, 0.4) is 0 Å². The molecule has 0 rings (SSSR count). The first kappa shape index (κ1) is 8.84. The van der Waals surface area contributed by atoms with Gasteiger partial charge in [0.25, 0.3) is 5.91 Å². The Kier molecular flexibility index (Phi) is 4.15. The molecule has 0 bridgehead atoms. The average molecular weight is 143 g/mol. The van der Waals surface area contributed by atoms with E-state index in [1.54, 1.807) is 0 Å². The Morgan fingerprint density at radius 3 is 2.70 bits per heavy atom. The highest BCUT2D eigenvalue weighted by Crippen LogP contribution is 1.70. The van der Waals surface area contributed by atoms with Gasteiger partial charge < -0.3 is 4.74 Å². The van der Waals surface area contributed by atoms with E-state index in [0.29, 0.717) is 0 Å². The molecular formula is C6H9NO3. The van der Waals surface area contributed by atoms with Crippen molar-refractivity contribution in [3.05, 3.63) is 12.7 Å². The van der Waals surface area contributed by atoms with E-state index in [-0.39, 0.29) is 6.61 Å². The van der Waals surface area contributed by atoms with Gasteiger partial charge in [0, 0.05) is 7.11 Å². The number of carbonyl (C=O) groups is 2. The Balaban J connectivity index is 3.57. The number of imide groups is 1. The van der Waals surface area contributed by atoms with Crippen molar-refractivity contribution in [1.82, 2.24) is 5.32 Å². The molecule has 2 amide bonds. The zero-order chi connectivity index (χ0) is 7.98. The monoisotopic (exact) mass is 143 g/mol. The normalized spacial score (nSPS) is 8.50. The third kappa shape index (κ3) is 3.80. The molecule has 0 aromatic heterocycles. The molecule has 0 heterocycles. The summed E-state index contributed by atoms with van der Waals surface area (Å²) in [5, 5.41) is 2.01. The molecule has 1 N–H and O–H groups in total. The summed E-state index contributed by atoms with van der Waals surface area (Å²) in [5.41, 5.74) is 0. The topological polar surface area (TPSA) is 55.4 Å². The quantitative estimate of drug-likeness (QED) is 0.540. The van der Waals surface area contributed by atoms with Gasteiger partial charge in [0.2, 0.25) is 5.91 Å². The fourth-order valence-corrected chi connectivity index (χ4v) is 0.356. The van der Waals surface area contributed by atoms with E-state index < -0.39 is 11.8 Å². The predicted octanol–water partition coefficient (Wildman–Crippen LogP) is -0.538. The van der Waals surface area contributed by atoms with E-state index in [9.17, 15) is 9.59 Å². The van der Waals surface area contributed by atoms with Gasteiger partial charge in [-0.2, -0.15) is 0 Å². The summed E-state index contributed by atoms with van der Waals surface area (Å²) >= 11 is 0. The number of rotatable bonds is 3. The van der Waals surface area contributed by atoms with Gasteiger partial charge in [-0.15, -0.1) is 0 Å². The lowest BCUT2D eigenvalue weighted by atomic mass is 10.5. The second-order valence-electron chi connectivity index (χ2n) is 1.55. The molecule has 0 saturated carbocycles. The number of nitrogens with one attached hydrogen (secondary N) is 1. The molecule has 10 heavy (non-hydrogen) atoms. The van der Waals surface area contributed by atoms with Crippen molar-refractivity contribution in [1.29, 1.82) is 0 Å². The van der Waals surface area contributed by atoms with Gasteiger partial charge in [-0.1, -0.05) is 6.58 Å². The minimum atomic E-state index is -0.512. The van der Waals surface area contributed by atoms with Crippen molar-refractivity contribution in [2.75, 3.05) is 13.7 Å². The number of amides is 2. The van der Waals surface area contributed by atoms with Crippen LogP contribution < -0.4 is 5.32 Å². The number of hydrogen-bond acceptors (Lipinski definition) is 3. The summed E-state index contributed by atoms with van der Waals surface area (Å²) in [7, 11) is 1.37. The summed E-state index contributed by atoms with van der Waals surface area (Å²) in [6.45, 7) is 3.06. The first-order chi connectivity index (χ1) is 4.70. The molecule has 0 saturated heterocycles. The maximum atomic E-state index is 10.5. The molecule has 4 heteroatoms. The van der Waals surface area contributed by atoms with Crippen LogP contribution in [-0.2, 0) is 14.3 Å². The Morgan fingerprint density at radius 1 is 1.70 bits per heavy atom. The van der Waals surface area contributed by atoms with E-state index in [1.807, 2.05) is 5.32 Å². The lowest BCUT2D eigenvalue weighted by Gasteiger charge is -1.97. The van der Waals surface area contributed by atoms with Gasteiger partial charge in [0.15, 0.2) is 0 Å². The molecule has 0 unspecified atom stereocenters. The van der Waals surface area contributed by atoms with E-state index in [2.05, 4.69) is 11.3 Å². The predicted molar refractivity (Wildman–Crippen MR) is 35.2 cm³/mol. The summed E-state index contributed by atoms with van der Waals surface area (Å²) < 4.78 is 4.45. The molecule has 56 valence electrons. The molecule has 0 aromatic carbocycles. The lowest BCUT2D eigenvalue weighted by molar-refractivity contribution is -0.130.